The summed E-state index contributed by atoms with van der Waals surface area (Å²) in [6.07, 6.45) is 4.40. The van der Waals surface area contributed by atoms with Crippen molar-refractivity contribution in [2.45, 2.75) is 18.9 Å². The summed E-state index contributed by atoms with van der Waals surface area (Å²) >= 11 is 0. The first-order chi connectivity index (χ1) is 12.2. The number of benzene rings is 1. The fourth-order valence-corrected chi connectivity index (χ4v) is 3.23. The van der Waals surface area contributed by atoms with E-state index in [-0.39, 0.29) is 6.03 Å². The summed E-state index contributed by atoms with van der Waals surface area (Å²) in [6, 6.07) is 7.37. The molecule has 2 aliphatic rings. The summed E-state index contributed by atoms with van der Waals surface area (Å²) in [7, 11) is 0. The van der Waals surface area contributed by atoms with Crippen molar-refractivity contribution in [1.29, 1.82) is 0 Å². The molecule has 1 aromatic carbocycles. The highest BCUT2D eigenvalue weighted by Crippen LogP contribution is 2.18. The van der Waals surface area contributed by atoms with Crippen molar-refractivity contribution in [2.24, 2.45) is 0 Å². The number of piperazine rings is 1. The average molecular weight is 345 g/mol. The Balaban J connectivity index is 1.45. The third-order valence-electron chi connectivity index (χ3n) is 4.60. The van der Waals surface area contributed by atoms with Crippen LogP contribution in [-0.2, 0) is 4.74 Å². The molecule has 1 aromatic rings. The van der Waals surface area contributed by atoms with Gasteiger partial charge in [-0.1, -0.05) is 18.7 Å². The standard InChI is InChI=1S/C19H27N3O3/c1-2-12-24-17-6-3-5-16(14-17)20-19(23)22-10-8-21(9-11-22)15-18-7-4-13-25-18/h2-3,5-6,14,18H,1,4,7-13,15H2,(H,20,23). The third-order valence-corrected chi connectivity index (χ3v) is 4.60. The third kappa shape index (κ3) is 5.21. The van der Waals surface area contributed by atoms with Crippen LogP contribution in [0.1, 0.15) is 12.8 Å². The molecule has 2 saturated heterocycles. The van der Waals surface area contributed by atoms with E-state index in [4.69, 9.17) is 9.47 Å². The fraction of sp³-hybridized carbons (Fsp3) is 0.526. The molecule has 6 nitrogen and oxygen atoms in total. The Bertz CT molecular complexity index is 579. The van der Waals surface area contributed by atoms with E-state index in [2.05, 4.69) is 16.8 Å². The predicted molar refractivity (Wildman–Crippen MR) is 98.1 cm³/mol. The van der Waals surface area contributed by atoms with Gasteiger partial charge in [0.05, 0.1) is 6.10 Å². The highest BCUT2D eigenvalue weighted by Gasteiger charge is 2.24. The minimum Gasteiger partial charge on any atom is -0.489 e. The van der Waals surface area contributed by atoms with Crippen LogP contribution in [0.15, 0.2) is 36.9 Å². The normalized spacial score (nSPS) is 21.1. The lowest BCUT2D eigenvalue weighted by atomic mass is 10.2. The summed E-state index contributed by atoms with van der Waals surface area (Å²) in [5.41, 5.74) is 0.744. The van der Waals surface area contributed by atoms with Crippen LogP contribution in [0.4, 0.5) is 10.5 Å². The van der Waals surface area contributed by atoms with Gasteiger partial charge >= 0.3 is 6.03 Å². The Hall–Kier alpha value is -2.05. The zero-order valence-corrected chi connectivity index (χ0v) is 14.7. The Morgan fingerprint density at radius 1 is 1.36 bits per heavy atom. The van der Waals surface area contributed by atoms with Crippen LogP contribution in [-0.4, -0.2) is 67.9 Å². The Morgan fingerprint density at radius 2 is 2.20 bits per heavy atom. The molecule has 6 heteroatoms. The summed E-state index contributed by atoms with van der Waals surface area (Å²) in [5, 5.41) is 2.95. The number of nitrogens with one attached hydrogen (secondary N) is 1. The maximum absolute atomic E-state index is 12.5. The van der Waals surface area contributed by atoms with Crippen molar-refractivity contribution < 1.29 is 14.3 Å². The van der Waals surface area contributed by atoms with E-state index < -0.39 is 0 Å². The molecule has 2 fully saturated rings. The van der Waals surface area contributed by atoms with Crippen molar-refractivity contribution in [2.75, 3.05) is 51.3 Å². The van der Waals surface area contributed by atoms with E-state index in [0.717, 1.165) is 57.2 Å². The first-order valence-electron chi connectivity index (χ1n) is 8.98. The molecule has 136 valence electrons. The summed E-state index contributed by atoms with van der Waals surface area (Å²) in [6.45, 7) is 9.24. The van der Waals surface area contributed by atoms with E-state index in [9.17, 15) is 4.79 Å². The van der Waals surface area contributed by atoms with Gasteiger partial charge in [0.15, 0.2) is 0 Å². The van der Waals surface area contributed by atoms with Gasteiger partial charge in [-0.2, -0.15) is 0 Å². The topological polar surface area (TPSA) is 54.0 Å². The fourth-order valence-electron chi connectivity index (χ4n) is 3.23. The van der Waals surface area contributed by atoms with Crippen molar-refractivity contribution >= 4 is 11.7 Å². The van der Waals surface area contributed by atoms with Gasteiger partial charge in [0, 0.05) is 51.1 Å². The maximum atomic E-state index is 12.5. The number of ether oxygens (including phenoxy) is 2. The number of nitrogens with zero attached hydrogens (tertiary/aromatic N) is 2. The summed E-state index contributed by atoms with van der Waals surface area (Å²) in [5.74, 6) is 0.721. The minimum absolute atomic E-state index is 0.0577. The number of anilines is 1. The maximum Gasteiger partial charge on any atom is 0.321 e. The molecule has 0 aliphatic carbocycles. The van der Waals surface area contributed by atoms with Crippen LogP contribution < -0.4 is 10.1 Å². The second kappa shape index (κ2) is 8.87. The average Bonchev–Trinajstić information content (AvgIpc) is 3.14. The highest BCUT2D eigenvalue weighted by atomic mass is 16.5. The van der Waals surface area contributed by atoms with Crippen molar-refractivity contribution in [1.82, 2.24) is 9.80 Å². The molecule has 0 saturated carbocycles. The molecule has 0 bridgehead atoms. The molecule has 2 heterocycles. The molecular weight excluding hydrogens is 318 g/mol. The van der Waals surface area contributed by atoms with E-state index >= 15 is 0 Å². The largest absolute Gasteiger partial charge is 0.489 e. The van der Waals surface area contributed by atoms with Gasteiger partial charge in [0.25, 0.3) is 0 Å². The lowest BCUT2D eigenvalue weighted by Gasteiger charge is -2.35. The molecule has 25 heavy (non-hydrogen) atoms. The number of hydrogen-bond donors (Lipinski definition) is 1. The Kier molecular flexibility index (Phi) is 6.30. The summed E-state index contributed by atoms with van der Waals surface area (Å²) < 4.78 is 11.2. The summed E-state index contributed by atoms with van der Waals surface area (Å²) in [4.78, 5) is 16.7. The minimum atomic E-state index is -0.0577. The van der Waals surface area contributed by atoms with Gasteiger partial charge in [-0.25, -0.2) is 4.79 Å². The van der Waals surface area contributed by atoms with E-state index in [0.29, 0.717) is 12.7 Å². The number of rotatable bonds is 6. The lowest BCUT2D eigenvalue weighted by Crippen LogP contribution is -2.51. The lowest BCUT2D eigenvalue weighted by molar-refractivity contribution is 0.0572. The quantitative estimate of drug-likeness (QED) is 0.805. The first kappa shape index (κ1) is 17.8. The van der Waals surface area contributed by atoms with Gasteiger partial charge in [0.1, 0.15) is 12.4 Å². The molecule has 1 N–H and O–H groups in total. The number of carbonyl (C=O) groups is 1. The smallest absolute Gasteiger partial charge is 0.321 e. The number of hydrogen-bond acceptors (Lipinski definition) is 4. The van der Waals surface area contributed by atoms with Crippen LogP contribution in [0.2, 0.25) is 0 Å². The van der Waals surface area contributed by atoms with Crippen LogP contribution in [0.3, 0.4) is 0 Å². The van der Waals surface area contributed by atoms with Crippen molar-refractivity contribution in [3.8, 4) is 5.75 Å². The van der Waals surface area contributed by atoms with Crippen molar-refractivity contribution in [3.63, 3.8) is 0 Å². The van der Waals surface area contributed by atoms with Crippen LogP contribution in [0.5, 0.6) is 5.75 Å². The van der Waals surface area contributed by atoms with Gasteiger partial charge in [0.2, 0.25) is 0 Å². The molecule has 2 aliphatic heterocycles. The zero-order valence-electron chi connectivity index (χ0n) is 14.7. The van der Waals surface area contributed by atoms with E-state index in [1.54, 1.807) is 6.08 Å². The van der Waals surface area contributed by atoms with E-state index in [1.165, 1.54) is 6.42 Å². The molecule has 2 amide bonds. The van der Waals surface area contributed by atoms with Gasteiger partial charge in [-0.3, -0.25) is 4.90 Å². The second-order valence-corrected chi connectivity index (χ2v) is 6.48. The van der Waals surface area contributed by atoms with Gasteiger partial charge in [-0.15, -0.1) is 0 Å². The number of amides is 2. The van der Waals surface area contributed by atoms with E-state index in [1.807, 2.05) is 29.2 Å². The van der Waals surface area contributed by atoms with Crippen molar-refractivity contribution in [3.05, 3.63) is 36.9 Å². The number of urea groups is 1. The Morgan fingerprint density at radius 3 is 2.92 bits per heavy atom. The molecule has 3 rings (SSSR count). The SMILES string of the molecule is C=CCOc1cccc(NC(=O)N2CCN(CC3CCCO3)CC2)c1. The monoisotopic (exact) mass is 345 g/mol. The van der Waals surface area contributed by atoms with Crippen LogP contribution >= 0.6 is 0 Å². The molecule has 0 spiro atoms. The zero-order chi connectivity index (χ0) is 17.5. The molecule has 0 radical (unpaired) electrons. The predicted octanol–water partition coefficient (Wildman–Crippen LogP) is 2.58. The van der Waals surface area contributed by atoms with Crippen LogP contribution in [0, 0.1) is 0 Å². The molecule has 1 atom stereocenters. The Labute approximate surface area is 149 Å². The first-order valence-corrected chi connectivity index (χ1v) is 8.98. The molecular formula is C19H27N3O3. The second-order valence-electron chi connectivity index (χ2n) is 6.48. The molecule has 0 aromatic heterocycles. The number of carbonyl (C=O) groups excluding carboxylic acids is 1. The molecule has 1 unspecified atom stereocenters. The van der Waals surface area contributed by atoms with Gasteiger partial charge in [-0.05, 0) is 25.0 Å². The van der Waals surface area contributed by atoms with Crippen LogP contribution in [0.25, 0.3) is 0 Å². The highest BCUT2D eigenvalue weighted by molar-refractivity contribution is 5.89. The van der Waals surface area contributed by atoms with Gasteiger partial charge < -0.3 is 19.7 Å².